The van der Waals surface area contributed by atoms with Crippen LogP contribution in [0.1, 0.15) is 24.0 Å². The largest absolute Gasteiger partial charge is 0.426 e. The number of nitrogens with one attached hydrogen (secondary N) is 1. The second kappa shape index (κ2) is 7.36. The maximum atomic E-state index is 12.3. The van der Waals surface area contributed by atoms with E-state index in [1.165, 1.54) is 0 Å². The molecule has 2 amide bonds. The summed E-state index contributed by atoms with van der Waals surface area (Å²) in [5.41, 5.74) is 1.55. The summed E-state index contributed by atoms with van der Waals surface area (Å²) >= 11 is 0.844. The van der Waals surface area contributed by atoms with Gasteiger partial charge in [0.1, 0.15) is 5.75 Å². The molecule has 25 heavy (non-hydrogen) atoms. The van der Waals surface area contributed by atoms with E-state index in [9.17, 15) is 14.4 Å². The number of esters is 1. The van der Waals surface area contributed by atoms with E-state index in [1.807, 2.05) is 30.3 Å². The van der Waals surface area contributed by atoms with E-state index in [1.54, 1.807) is 37.3 Å². The van der Waals surface area contributed by atoms with Crippen LogP contribution < -0.4 is 10.1 Å². The van der Waals surface area contributed by atoms with E-state index < -0.39 is 17.1 Å². The zero-order chi connectivity index (χ0) is 17.8. The average molecular weight is 353 g/mol. The first-order valence-corrected chi connectivity index (χ1v) is 8.46. The van der Waals surface area contributed by atoms with Crippen molar-refractivity contribution in [1.82, 2.24) is 5.32 Å². The minimum atomic E-state index is -0.421. The highest BCUT2D eigenvalue weighted by atomic mass is 32.2. The fourth-order valence-electron chi connectivity index (χ4n) is 2.32. The van der Waals surface area contributed by atoms with Crippen LogP contribution in [-0.4, -0.2) is 17.1 Å². The average Bonchev–Trinajstić information content (AvgIpc) is 2.92. The fourth-order valence-corrected chi connectivity index (χ4v) is 3.00. The topological polar surface area (TPSA) is 72.5 Å². The lowest BCUT2D eigenvalue weighted by Crippen LogP contribution is -2.17. The summed E-state index contributed by atoms with van der Waals surface area (Å²) in [7, 11) is 0. The number of hydrogen-bond donors (Lipinski definition) is 1. The highest BCUT2D eigenvalue weighted by Gasteiger charge is 2.25. The third-order valence-electron chi connectivity index (χ3n) is 3.67. The van der Waals surface area contributed by atoms with Crippen molar-refractivity contribution in [2.24, 2.45) is 0 Å². The van der Waals surface area contributed by atoms with Crippen LogP contribution in [0.5, 0.6) is 5.75 Å². The van der Waals surface area contributed by atoms with Crippen LogP contribution in [0, 0.1) is 0 Å². The van der Waals surface area contributed by atoms with Crippen molar-refractivity contribution in [1.29, 1.82) is 0 Å². The Morgan fingerprint density at radius 2 is 1.88 bits per heavy atom. The summed E-state index contributed by atoms with van der Waals surface area (Å²) in [6.07, 6.45) is 1.59. The predicted octanol–water partition coefficient (Wildman–Crippen LogP) is 3.72. The van der Waals surface area contributed by atoms with Crippen LogP contribution in [0.4, 0.5) is 4.79 Å². The Bertz CT molecular complexity index is 861. The first kappa shape index (κ1) is 17.0. The molecule has 0 aromatic heterocycles. The highest BCUT2D eigenvalue weighted by molar-refractivity contribution is 8.18. The number of ether oxygens (including phenoxy) is 1. The van der Waals surface area contributed by atoms with Gasteiger partial charge in [-0.1, -0.05) is 42.5 Å². The van der Waals surface area contributed by atoms with Crippen molar-refractivity contribution >= 4 is 35.0 Å². The number of hydrogen-bond acceptors (Lipinski definition) is 5. The molecule has 1 aliphatic heterocycles. The summed E-state index contributed by atoms with van der Waals surface area (Å²) in [6, 6.07) is 16.2. The van der Waals surface area contributed by atoms with Gasteiger partial charge in [-0.05, 0) is 48.0 Å². The minimum absolute atomic E-state index is 0.311. The number of benzene rings is 2. The van der Waals surface area contributed by atoms with E-state index in [0.717, 1.165) is 17.3 Å². The molecule has 2 aromatic rings. The van der Waals surface area contributed by atoms with Crippen LogP contribution in [0.25, 0.3) is 6.08 Å². The maximum Gasteiger partial charge on any atom is 0.318 e. The number of rotatable bonds is 4. The summed E-state index contributed by atoms with van der Waals surface area (Å²) in [4.78, 5) is 35.4. The van der Waals surface area contributed by atoms with Gasteiger partial charge in [-0.25, -0.2) is 0 Å². The Hall–Kier alpha value is -2.86. The van der Waals surface area contributed by atoms with Gasteiger partial charge in [0.2, 0.25) is 0 Å². The number of carbonyl (C=O) groups excluding carboxylic acids is 3. The quantitative estimate of drug-likeness (QED) is 0.515. The van der Waals surface area contributed by atoms with E-state index in [0.29, 0.717) is 16.2 Å². The van der Waals surface area contributed by atoms with Gasteiger partial charge in [0.25, 0.3) is 11.1 Å². The Kier molecular flexibility index (Phi) is 5.00. The fraction of sp³-hybridized carbons (Fsp3) is 0.105. The summed E-state index contributed by atoms with van der Waals surface area (Å²) in [5.74, 6) is -0.789. The molecule has 1 atom stereocenters. The van der Waals surface area contributed by atoms with Crippen LogP contribution in [0.2, 0.25) is 0 Å². The third kappa shape index (κ3) is 4.16. The molecular formula is C19H15NO4S. The lowest BCUT2D eigenvalue weighted by atomic mass is 10.0. The van der Waals surface area contributed by atoms with Crippen molar-refractivity contribution in [3.8, 4) is 5.75 Å². The molecule has 2 aromatic carbocycles. The Balaban J connectivity index is 1.74. The van der Waals surface area contributed by atoms with Gasteiger partial charge in [-0.15, -0.1) is 0 Å². The van der Waals surface area contributed by atoms with Crippen molar-refractivity contribution in [3.05, 3.63) is 70.6 Å². The lowest BCUT2D eigenvalue weighted by molar-refractivity contribution is -0.135. The molecular weight excluding hydrogens is 338 g/mol. The Morgan fingerprint density at radius 1 is 1.12 bits per heavy atom. The standard InChI is InChI=1S/C19H15NO4S/c1-12(14-7-3-2-4-8-14)18(22)24-15-9-5-6-13(10-15)11-16-17(21)20-19(23)25-16/h2-12H,1H3,(H,20,21,23)/b16-11-. The molecule has 1 saturated heterocycles. The summed E-state index contributed by atoms with van der Waals surface area (Å²) < 4.78 is 5.44. The maximum absolute atomic E-state index is 12.3. The molecule has 0 aliphatic carbocycles. The SMILES string of the molecule is CC(C(=O)Oc1cccc(/C=C2\SC(=O)NC2=O)c1)c1ccccc1. The van der Waals surface area contributed by atoms with Gasteiger partial charge in [0, 0.05) is 0 Å². The van der Waals surface area contributed by atoms with E-state index >= 15 is 0 Å². The van der Waals surface area contributed by atoms with Gasteiger partial charge in [-0.3, -0.25) is 19.7 Å². The number of amides is 2. The molecule has 1 aliphatic rings. The van der Waals surface area contributed by atoms with Crippen LogP contribution in [-0.2, 0) is 9.59 Å². The molecule has 0 spiro atoms. The molecule has 5 nitrogen and oxygen atoms in total. The summed E-state index contributed by atoms with van der Waals surface area (Å²) in [5, 5.41) is 1.81. The van der Waals surface area contributed by atoms with E-state index in [4.69, 9.17) is 4.74 Å². The molecule has 1 heterocycles. The van der Waals surface area contributed by atoms with Crippen molar-refractivity contribution in [2.45, 2.75) is 12.8 Å². The monoisotopic (exact) mass is 353 g/mol. The van der Waals surface area contributed by atoms with Crippen molar-refractivity contribution < 1.29 is 19.1 Å². The Morgan fingerprint density at radius 3 is 2.56 bits per heavy atom. The Labute approximate surface area is 149 Å². The highest BCUT2D eigenvalue weighted by Crippen LogP contribution is 2.27. The number of imide groups is 1. The molecule has 0 bridgehead atoms. The zero-order valence-corrected chi connectivity index (χ0v) is 14.2. The van der Waals surface area contributed by atoms with Gasteiger partial charge in [0.05, 0.1) is 10.8 Å². The zero-order valence-electron chi connectivity index (χ0n) is 13.4. The number of thioether (sulfide) groups is 1. The molecule has 0 radical (unpaired) electrons. The first-order chi connectivity index (χ1) is 12.0. The van der Waals surface area contributed by atoms with Crippen molar-refractivity contribution in [3.63, 3.8) is 0 Å². The normalized spacial score (nSPS) is 16.6. The molecule has 1 unspecified atom stereocenters. The molecule has 3 rings (SSSR count). The predicted molar refractivity (Wildman–Crippen MR) is 96.0 cm³/mol. The van der Waals surface area contributed by atoms with Crippen LogP contribution in [0.15, 0.2) is 59.5 Å². The van der Waals surface area contributed by atoms with Gasteiger partial charge in [0.15, 0.2) is 0 Å². The van der Waals surface area contributed by atoms with Gasteiger partial charge in [-0.2, -0.15) is 0 Å². The van der Waals surface area contributed by atoms with E-state index in [-0.39, 0.29) is 5.97 Å². The third-order valence-corrected chi connectivity index (χ3v) is 4.48. The molecule has 1 N–H and O–H groups in total. The van der Waals surface area contributed by atoms with Crippen molar-refractivity contribution in [2.75, 3.05) is 0 Å². The smallest absolute Gasteiger partial charge is 0.318 e. The first-order valence-electron chi connectivity index (χ1n) is 7.64. The number of carbonyl (C=O) groups is 3. The van der Waals surface area contributed by atoms with E-state index in [2.05, 4.69) is 5.32 Å². The van der Waals surface area contributed by atoms with Crippen LogP contribution >= 0.6 is 11.8 Å². The van der Waals surface area contributed by atoms with Gasteiger partial charge < -0.3 is 4.74 Å². The minimum Gasteiger partial charge on any atom is -0.426 e. The molecule has 6 heteroatoms. The summed E-state index contributed by atoms with van der Waals surface area (Å²) in [6.45, 7) is 1.79. The molecule has 1 fully saturated rings. The second-order valence-corrected chi connectivity index (χ2v) is 6.49. The van der Waals surface area contributed by atoms with Gasteiger partial charge >= 0.3 is 5.97 Å². The lowest BCUT2D eigenvalue weighted by Gasteiger charge is -2.11. The van der Waals surface area contributed by atoms with Crippen LogP contribution in [0.3, 0.4) is 0 Å². The molecule has 0 saturated carbocycles. The molecule has 126 valence electrons. The second-order valence-electron chi connectivity index (χ2n) is 5.48.